The van der Waals surface area contributed by atoms with E-state index in [1.807, 2.05) is 25.1 Å². The van der Waals surface area contributed by atoms with E-state index in [-0.39, 0.29) is 18.6 Å². The summed E-state index contributed by atoms with van der Waals surface area (Å²) < 4.78 is 0. The molecule has 0 aliphatic carbocycles. The number of amides is 1. The molecule has 2 N–H and O–H groups in total. The van der Waals surface area contributed by atoms with E-state index in [1.165, 1.54) is 18.2 Å². The Kier molecular flexibility index (Phi) is 6.49. The number of carbonyl (C=O) groups is 1. The highest BCUT2D eigenvalue weighted by molar-refractivity contribution is 5.77. The summed E-state index contributed by atoms with van der Waals surface area (Å²) in [6, 6.07) is 8.11. The van der Waals surface area contributed by atoms with Crippen molar-refractivity contribution in [1.29, 1.82) is 0 Å². The van der Waals surface area contributed by atoms with Crippen LogP contribution in [-0.4, -0.2) is 44.2 Å². The summed E-state index contributed by atoms with van der Waals surface area (Å²) in [4.78, 5) is 22.2. The number of benzene rings is 1. The minimum absolute atomic E-state index is 0.0931. The Labute approximate surface area is 114 Å². The number of carbonyl (C=O) groups excluding carboxylic acids is 1. The van der Waals surface area contributed by atoms with Crippen LogP contribution in [0.25, 0.3) is 0 Å². The number of hydrogen-bond acceptors (Lipinski definition) is 4. The Balaban J connectivity index is 2.42. The smallest absolute Gasteiger partial charge is 0.251 e. The fraction of sp³-hybridized carbons (Fsp3) is 0.500. The zero-order valence-corrected chi connectivity index (χ0v) is 11.8. The van der Waals surface area contributed by atoms with Crippen LogP contribution in [0.4, 0.5) is 0 Å². The van der Waals surface area contributed by atoms with Gasteiger partial charge in [0.25, 0.3) is 5.91 Å². The van der Waals surface area contributed by atoms with Crippen molar-refractivity contribution >= 4 is 5.91 Å². The molecule has 5 heteroatoms. The van der Waals surface area contributed by atoms with Gasteiger partial charge >= 0.3 is 0 Å². The van der Waals surface area contributed by atoms with E-state index in [0.29, 0.717) is 6.54 Å². The number of likely N-dealkylation sites (N-methyl/N-ethyl adjacent to an activating group) is 1. The van der Waals surface area contributed by atoms with E-state index >= 15 is 0 Å². The maximum absolute atomic E-state index is 11.6. The highest BCUT2D eigenvalue weighted by atomic mass is 17.2. The minimum Gasteiger partial charge on any atom is -0.342 e. The molecule has 0 bridgehead atoms. The summed E-state index contributed by atoms with van der Waals surface area (Å²) in [5.74, 6) is -0.151. The number of aryl methyl sites for hydroxylation is 1. The molecular formula is C14H22N2O3. The van der Waals surface area contributed by atoms with Crippen molar-refractivity contribution in [2.24, 2.45) is 5.73 Å². The molecule has 0 saturated heterocycles. The molecule has 19 heavy (non-hydrogen) atoms. The highest BCUT2D eigenvalue weighted by Crippen LogP contribution is 2.06. The molecule has 5 nitrogen and oxygen atoms in total. The molecule has 0 radical (unpaired) electrons. The Morgan fingerprint density at radius 2 is 2.21 bits per heavy atom. The van der Waals surface area contributed by atoms with Gasteiger partial charge in [0.05, 0.1) is 7.11 Å². The quantitative estimate of drug-likeness (QED) is 0.588. The van der Waals surface area contributed by atoms with Crippen LogP contribution in [0.2, 0.25) is 0 Å². The van der Waals surface area contributed by atoms with Gasteiger partial charge < -0.3 is 10.6 Å². The van der Waals surface area contributed by atoms with E-state index in [9.17, 15) is 4.79 Å². The van der Waals surface area contributed by atoms with Gasteiger partial charge in [0, 0.05) is 19.6 Å². The first-order valence-electron chi connectivity index (χ1n) is 6.23. The van der Waals surface area contributed by atoms with Crippen molar-refractivity contribution in [2.45, 2.75) is 19.4 Å². The Morgan fingerprint density at radius 3 is 2.84 bits per heavy atom. The Bertz CT molecular complexity index is 409. The van der Waals surface area contributed by atoms with Gasteiger partial charge in [-0.25, -0.2) is 9.78 Å². The van der Waals surface area contributed by atoms with Crippen molar-refractivity contribution in [3.63, 3.8) is 0 Å². The zero-order chi connectivity index (χ0) is 14.3. The SMILES string of the molecule is COOCC(=O)N(C)CC(N)Cc1cccc(C)c1. The van der Waals surface area contributed by atoms with Gasteiger partial charge in [-0.2, -0.15) is 0 Å². The topological polar surface area (TPSA) is 64.8 Å². The summed E-state index contributed by atoms with van der Waals surface area (Å²) in [7, 11) is 3.08. The second kappa shape index (κ2) is 7.89. The monoisotopic (exact) mass is 266 g/mol. The van der Waals surface area contributed by atoms with Gasteiger partial charge in [0.2, 0.25) is 0 Å². The van der Waals surface area contributed by atoms with Crippen LogP contribution >= 0.6 is 0 Å². The van der Waals surface area contributed by atoms with E-state index < -0.39 is 0 Å². The van der Waals surface area contributed by atoms with Crippen LogP contribution in [0.5, 0.6) is 0 Å². The van der Waals surface area contributed by atoms with Crippen LogP contribution in [-0.2, 0) is 21.0 Å². The molecule has 0 fully saturated rings. The van der Waals surface area contributed by atoms with E-state index in [1.54, 1.807) is 11.9 Å². The lowest BCUT2D eigenvalue weighted by atomic mass is 10.0. The first-order valence-corrected chi connectivity index (χ1v) is 6.23. The average molecular weight is 266 g/mol. The van der Waals surface area contributed by atoms with Gasteiger partial charge in [-0.05, 0) is 18.9 Å². The molecule has 1 atom stereocenters. The normalized spacial score (nSPS) is 12.2. The molecule has 106 valence electrons. The van der Waals surface area contributed by atoms with Crippen molar-refractivity contribution in [2.75, 3.05) is 27.3 Å². The first-order chi connectivity index (χ1) is 9.02. The van der Waals surface area contributed by atoms with Crippen LogP contribution in [0, 0.1) is 6.92 Å². The van der Waals surface area contributed by atoms with Gasteiger partial charge in [-0.1, -0.05) is 29.8 Å². The molecule has 0 saturated carbocycles. The van der Waals surface area contributed by atoms with Gasteiger partial charge in [-0.3, -0.25) is 4.79 Å². The first kappa shape index (κ1) is 15.6. The number of nitrogens with two attached hydrogens (primary N) is 1. The van der Waals surface area contributed by atoms with E-state index in [4.69, 9.17) is 5.73 Å². The van der Waals surface area contributed by atoms with Crippen LogP contribution in [0.15, 0.2) is 24.3 Å². The fourth-order valence-corrected chi connectivity index (χ4v) is 1.88. The largest absolute Gasteiger partial charge is 0.342 e. The van der Waals surface area contributed by atoms with Crippen molar-refractivity contribution in [1.82, 2.24) is 4.90 Å². The maximum atomic E-state index is 11.6. The van der Waals surface area contributed by atoms with Crippen molar-refractivity contribution in [3.8, 4) is 0 Å². The lowest BCUT2D eigenvalue weighted by Crippen LogP contribution is -2.41. The number of hydrogen-bond donors (Lipinski definition) is 1. The molecule has 0 aliphatic rings. The molecule has 1 amide bonds. The third kappa shape index (κ3) is 5.83. The predicted octanol–water partition coefficient (Wildman–Crippen LogP) is 0.901. The van der Waals surface area contributed by atoms with Crippen molar-refractivity contribution < 1.29 is 14.6 Å². The molecule has 0 aliphatic heterocycles. The summed E-state index contributed by atoms with van der Waals surface area (Å²) >= 11 is 0. The summed E-state index contributed by atoms with van der Waals surface area (Å²) in [5.41, 5.74) is 8.45. The summed E-state index contributed by atoms with van der Waals surface area (Å²) in [5, 5.41) is 0. The highest BCUT2D eigenvalue weighted by Gasteiger charge is 2.13. The van der Waals surface area contributed by atoms with Crippen LogP contribution < -0.4 is 5.73 Å². The fourth-order valence-electron chi connectivity index (χ4n) is 1.88. The lowest BCUT2D eigenvalue weighted by Gasteiger charge is -2.21. The Hall–Kier alpha value is -1.43. The average Bonchev–Trinajstić information content (AvgIpc) is 2.35. The van der Waals surface area contributed by atoms with Gasteiger partial charge in [0.1, 0.15) is 0 Å². The zero-order valence-electron chi connectivity index (χ0n) is 11.8. The second-order valence-electron chi connectivity index (χ2n) is 4.66. The van der Waals surface area contributed by atoms with Crippen LogP contribution in [0.1, 0.15) is 11.1 Å². The minimum atomic E-state index is -0.151. The summed E-state index contributed by atoms with van der Waals surface area (Å²) in [6.45, 7) is 2.44. The maximum Gasteiger partial charge on any atom is 0.251 e. The van der Waals surface area contributed by atoms with E-state index in [0.717, 1.165) is 6.42 Å². The molecule has 1 aromatic carbocycles. The molecule has 0 spiro atoms. The standard InChI is InChI=1S/C14H22N2O3/c1-11-5-4-6-12(7-11)8-13(15)9-16(2)14(17)10-19-18-3/h4-7,13H,8-10,15H2,1-3H3. The molecule has 1 unspecified atom stereocenters. The molecule has 0 heterocycles. The molecular weight excluding hydrogens is 244 g/mol. The predicted molar refractivity (Wildman–Crippen MR) is 73.5 cm³/mol. The third-order valence-corrected chi connectivity index (χ3v) is 2.81. The summed E-state index contributed by atoms with van der Waals surface area (Å²) in [6.07, 6.45) is 0.741. The van der Waals surface area contributed by atoms with E-state index in [2.05, 4.69) is 15.8 Å². The molecule has 1 rings (SSSR count). The van der Waals surface area contributed by atoms with Crippen LogP contribution in [0.3, 0.4) is 0 Å². The Morgan fingerprint density at radius 1 is 1.47 bits per heavy atom. The van der Waals surface area contributed by atoms with Gasteiger partial charge in [0.15, 0.2) is 6.61 Å². The molecule has 1 aromatic rings. The number of nitrogens with zero attached hydrogens (tertiary/aromatic N) is 1. The molecule has 0 aromatic heterocycles. The third-order valence-electron chi connectivity index (χ3n) is 2.81. The second-order valence-corrected chi connectivity index (χ2v) is 4.66. The lowest BCUT2D eigenvalue weighted by molar-refractivity contribution is -0.269. The van der Waals surface area contributed by atoms with Crippen molar-refractivity contribution in [3.05, 3.63) is 35.4 Å². The van der Waals surface area contributed by atoms with Gasteiger partial charge in [-0.15, -0.1) is 0 Å². The number of rotatable bonds is 7.